The van der Waals surface area contributed by atoms with Gasteiger partial charge in [0.25, 0.3) is 0 Å². The van der Waals surface area contributed by atoms with E-state index in [4.69, 9.17) is 11.6 Å². The van der Waals surface area contributed by atoms with Crippen molar-refractivity contribution in [3.8, 4) is 0 Å². The molecule has 0 spiro atoms. The lowest BCUT2D eigenvalue weighted by molar-refractivity contribution is -0.128. The van der Waals surface area contributed by atoms with Crippen LogP contribution in [0.4, 0.5) is 0 Å². The number of nitrogens with two attached hydrogens (primary N) is 2. The Bertz CT molecular complexity index is 240. The third kappa shape index (κ3) is 2.51. The van der Waals surface area contributed by atoms with Crippen LogP contribution in [0.2, 0.25) is 0 Å². The normalized spacial score (nSPS) is 19.4. The summed E-state index contributed by atoms with van der Waals surface area (Å²) in [4.78, 5) is 14.8. The fraction of sp³-hybridized carbons (Fsp3) is 0.750. The van der Waals surface area contributed by atoms with Crippen LogP contribution in [-0.4, -0.2) is 47.8 Å². The smallest absolute Gasteiger partial charge is 0.219 e. The molecule has 1 aliphatic heterocycles. The Hall–Kier alpha value is -1.46. The molecule has 6 nitrogen and oxygen atoms in total. The van der Waals surface area contributed by atoms with E-state index in [1.165, 1.54) is 0 Å². The van der Waals surface area contributed by atoms with Gasteiger partial charge in [0.1, 0.15) is 0 Å². The standard InChI is InChI=1S/C8H17N5O/c1-7(14)12-3-2-4-13(6-5-12)8(9)11-10/h2-6,10H2,1H3,(H2,9,11). The summed E-state index contributed by atoms with van der Waals surface area (Å²) in [6, 6.07) is 0. The highest BCUT2D eigenvalue weighted by Crippen LogP contribution is 2.02. The first kappa shape index (κ1) is 10.6. The third-order valence-corrected chi connectivity index (χ3v) is 2.40. The summed E-state index contributed by atoms with van der Waals surface area (Å²) < 4.78 is 0. The minimum Gasteiger partial charge on any atom is -0.368 e. The van der Waals surface area contributed by atoms with Gasteiger partial charge < -0.3 is 21.4 Å². The monoisotopic (exact) mass is 199 g/mol. The van der Waals surface area contributed by atoms with E-state index in [2.05, 4.69) is 5.10 Å². The van der Waals surface area contributed by atoms with Gasteiger partial charge >= 0.3 is 0 Å². The first-order chi connectivity index (χ1) is 6.65. The largest absolute Gasteiger partial charge is 0.368 e. The Kier molecular flexibility index (Phi) is 3.55. The van der Waals surface area contributed by atoms with Gasteiger partial charge in [0.15, 0.2) is 0 Å². The lowest BCUT2D eigenvalue weighted by Crippen LogP contribution is -2.41. The van der Waals surface area contributed by atoms with Gasteiger partial charge in [-0.2, -0.15) is 0 Å². The molecule has 0 saturated carbocycles. The van der Waals surface area contributed by atoms with Crippen molar-refractivity contribution in [2.75, 3.05) is 26.2 Å². The minimum atomic E-state index is 0.107. The number of carbonyl (C=O) groups excluding carboxylic acids is 1. The number of carbonyl (C=O) groups is 1. The van der Waals surface area contributed by atoms with Crippen molar-refractivity contribution in [3.05, 3.63) is 0 Å². The maximum absolute atomic E-state index is 11.1. The maximum Gasteiger partial charge on any atom is 0.219 e. The Morgan fingerprint density at radius 3 is 2.36 bits per heavy atom. The van der Waals surface area contributed by atoms with Crippen molar-refractivity contribution < 1.29 is 4.79 Å². The summed E-state index contributed by atoms with van der Waals surface area (Å²) in [5, 5.41) is 3.44. The summed E-state index contributed by atoms with van der Waals surface area (Å²) >= 11 is 0. The van der Waals surface area contributed by atoms with Gasteiger partial charge in [-0.3, -0.25) is 4.79 Å². The summed E-state index contributed by atoms with van der Waals surface area (Å²) in [5.41, 5.74) is 5.59. The van der Waals surface area contributed by atoms with Crippen LogP contribution in [0.1, 0.15) is 13.3 Å². The van der Waals surface area contributed by atoms with Gasteiger partial charge in [0, 0.05) is 33.1 Å². The second kappa shape index (κ2) is 4.69. The van der Waals surface area contributed by atoms with E-state index < -0.39 is 0 Å². The quantitative estimate of drug-likeness (QED) is 0.220. The maximum atomic E-state index is 11.1. The number of hydrogen-bond donors (Lipinski definition) is 2. The molecule has 14 heavy (non-hydrogen) atoms. The molecule has 0 bridgehead atoms. The van der Waals surface area contributed by atoms with Crippen LogP contribution in [0.3, 0.4) is 0 Å². The molecule has 1 fully saturated rings. The molecule has 0 aliphatic carbocycles. The fourth-order valence-electron chi connectivity index (χ4n) is 1.54. The fourth-order valence-corrected chi connectivity index (χ4v) is 1.54. The van der Waals surface area contributed by atoms with Crippen LogP contribution in [0.15, 0.2) is 5.10 Å². The number of hydrogen-bond acceptors (Lipinski definition) is 3. The molecule has 1 aliphatic rings. The average molecular weight is 199 g/mol. The van der Waals surface area contributed by atoms with E-state index in [0.29, 0.717) is 19.0 Å². The Balaban J connectivity index is 2.53. The lowest BCUT2D eigenvalue weighted by Gasteiger charge is -2.21. The molecule has 0 atom stereocenters. The SMILES string of the molecule is CC(=O)N1CCCN(C(N)=NN)CC1. The van der Waals surface area contributed by atoms with Crippen molar-refractivity contribution in [2.24, 2.45) is 16.7 Å². The molecule has 1 rings (SSSR count). The zero-order valence-electron chi connectivity index (χ0n) is 8.44. The molecule has 0 aromatic rings. The first-order valence-electron chi connectivity index (χ1n) is 4.69. The van der Waals surface area contributed by atoms with E-state index in [0.717, 1.165) is 19.5 Å². The van der Waals surface area contributed by atoms with E-state index in [1.54, 1.807) is 6.92 Å². The number of guanidine groups is 1. The molecule has 0 radical (unpaired) electrons. The summed E-state index contributed by atoms with van der Waals surface area (Å²) in [7, 11) is 0. The van der Waals surface area contributed by atoms with Crippen molar-refractivity contribution in [3.63, 3.8) is 0 Å². The number of rotatable bonds is 0. The molecular weight excluding hydrogens is 182 g/mol. The van der Waals surface area contributed by atoms with Gasteiger partial charge in [-0.25, -0.2) is 0 Å². The molecule has 1 heterocycles. The first-order valence-corrected chi connectivity index (χ1v) is 4.69. The molecule has 1 amide bonds. The highest BCUT2D eigenvalue weighted by Gasteiger charge is 2.17. The van der Waals surface area contributed by atoms with E-state index >= 15 is 0 Å². The van der Waals surface area contributed by atoms with Gasteiger partial charge in [-0.05, 0) is 6.42 Å². The van der Waals surface area contributed by atoms with Crippen LogP contribution < -0.4 is 11.6 Å². The number of amides is 1. The van der Waals surface area contributed by atoms with E-state index in [9.17, 15) is 4.79 Å². The van der Waals surface area contributed by atoms with Crippen LogP contribution >= 0.6 is 0 Å². The van der Waals surface area contributed by atoms with Crippen LogP contribution in [0.5, 0.6) is 0 Å². The van der Waals surface area contributed by atoms with Crippen molar-refractivity contribution in [1.29, 1.82) is 0 Å². The lowest BCUT2D eigenvalue weighted by atomic mass is 10.4. The Morgan fingerprint density at radius 1 is 1.21 bits per heavy atom. The zero-order valence-corrected chi connectivity index (χ0v) is 8.44. The second-order valence-corrected chi connectivity index (χ2v) is 3.33. The number of nitrogens with zero attached hydrogens (tertiary/aromatic N) is 3. The topological polar surface area (TPSA) is 88.0 Å². The van der Waals surface area contributed by atoms with Gasteiger partial charge in [0.2, 0.25) is 11.9 Å². The van der Waals surface area contributed by atoms with Crippen molar-refractivity contribution >= 4 is 11.9 Å². The van der Waals surface area contributed by atoms with Crippen molar-refractivity contribution in [2.45, 2.75) is 13.3 Å². The van der Waals surface area contributed by atoms with Gasteiger partial charge in [0.05, 0.1) is 0 Å². The Morgan fingerprint density at radius 2 is 1.79 bits per heavy atom. The summed E-state index contributed by atoms with van der Waals surface area (Å²) in [6.45, 7) is 4.55. The summed E-state index contributed by atoms with van der Waals surface area (Å²) in [5.74, 6) is 5.54. The molecule has 4 N–H and O–H groups in total. The third-order valence-electron chi connectivity index (χ3n) is 2.40. The molecule has 0 aromatic carbocycles. The predicted molar refractivity (Wildman–Crippen MR) is 54.3 cm³/mol. The molecule has 0 aromatic heterocycles. The van der Waals surface area contributed by atoms with Gasteiger partial charge in [-0.15, -0.1) is 5.10 Å². The molecule has 1 saturated heterocycles. The predicted octanol–water partition coefficient (Wildman–Crippen LogP) is -1.27. The molecule has 80 valence electrons. The van der Waals surface area contributed by atoms with Gasteiger partial charge in [-0.1, -0.05) is 0 Å². The molecule has 6 heteroatoms. The zero-order chi connectivity index (χ0) is 10.6. The van der Waals surface area contributed by atoms with Crippen molar-refractivity contribution in [1.82, 2.24) is 9.80 Å². The van der Waals surface area contributed by atoms with E-state index in [-0.39, 0.29) is 5.91 Å². The second-order valence-electron chi connectivity index (χ2n) is 3.33. The Labute approximate surface area is 83.5 Å². The highest BCUT2D eigenvalue weighted by atomic mass is 16.2. The van der Waals surface area contributed by atoms with Crippen LogP contribution in [0, 0.1) is 0 Å². The molecule has 0 unspecified atom stereocenters. The average Bonchev–Trinajstić information content (AvgIpc) is 2.41. The van der Waals surface area contributed by atoms with E-state index in [1.807, 2.05) is 9.80 Å². The van der Waals surface area contributed by atoms with Crippen LogP contribution in [0.25, 0.3) is 0 Å². The minimum absolute atomic E-state index is 0.107. The van der Waals surface area contributed by atoms with Crippen LogP contribution in [-0.2, 0) is 4.79 Å². The highest BCUT2D eigenvalue weighted by molar-refractivity contribution is 5.78. The molecular formula is C8H17N5O. The number of hydrazone groups is 1. The summed E-state index contributed by atoms with van der Waals surface area (Å²) in [6.07, 6.45) is 0.899.